The van der Waals surface area contributed by atoms with Crippen LogP contribution in [0.25, 0.3) is 0 Å². The van der Waals surface area contributed by atoms with Gasteiger partial charge in [-0.15, -0.1) is 0 Å². The largest absolute Gasteiger partial charge is 0.400 e. The van der Waals surface area contributed by atoms with Crippen molar-refractivity contribution in [1.29, 1.82) is 0 Å². The van der Waals surface area contributed by atoms with Crippen LogP contribution < -0.4 is 0 Å². The van der Waals surface area contributed by atoms with Gasteiger partial charge in [-0.05, 0) is 0 Å². The van der Waals surface area contributed by atoms with Crippen molar-refractivity contribution >= 4 is 0 Å². The van der Waals surface area contributed by atoms with Gasteiger partial charge in [0, 0.05) is 14.2 Å². The second-order valence-corrected chi connectivity index (χ2v) is 0. The van der Waals surface area contributed by atoms with Crippen LogP contribution in [0.2, 0.25) is 0 Å². The molecule has 5 heavy (non-hydrogen) atoms. The minimum absolute atomic E-state index is 0. The van der Waals surface area contributed by atoms with Crippen LogP contribution in [0.1, 0.15) is 0 Å². The molecule has 0 bridgehead atoms. The quantitative estimate of drug-likeness (QED) is 0.611. The van der Waals surface area contributed by atoms with E-state index in [1.165, 1.54) is 0 Å². The topological polar surface area (TPSA) is 40.5 Å². The molecule has 0 unspecified atom stereocenters. The average molecular weight is 331 g/mol. The zero-order chi connectivity index (χ0) is 4.00. The van der Waals surface area contributed by atoms with Crippen molar-refractivity contribution in [3.05, 3.63) is 0 Å². The Kier molecular flexibility index (Phi) is 72.9. The fraction of sp³-hybridized carbons (Fsp3) is 1.00. The number of hydrogen-bond acceptors (Lipinski definition) is 2. The Morgan fingerprint density at radius 3 is 0.800 bits per heavy atom. The van der Waals surface area contributed by atoms with Crippen LogP contribution in [0.4, 0.5) is 0 Å². The summed E-state index contributed by atoms with van der Waals surface area (Å²) in [6.45, 7) is 0. The third-order valence-corrected chi connectivity index (χ3v) is 0. The molecule has 3 heteroatoms. The molecule has 0 heterocycles. The van der Waals surface area contributed by atoms with Gasteiger partial charge in [-0.1, -0.05) is 0 Å². The van der Waals surface area contributed by atoms with Crippen molar-refractivity contribution < 1.29 is 10.2 Å². The van der Waals surface area contributed by atoms with Gasteiger partial charge in [-0.3, -0.25) is 0 Å². The van der Waals surface area contributed by atoms with Crippen molar-refractivity contribution in [1.82, 2.24) is 0 Å². The first-order valence-corrected chi connectivity index (χ1v) is 0.894. The molecule has 0 aliphatic rings. The van der Waals surface area contributed by atoms with Crippen LogP contribution in [-0.2, 0) is 0 Å². The van der Waals surface area contributed by atoms with Gasteiger partial charge in [0.1, 0.15) is 0 Å². The van der Waals surface area contributed by atoms with Gasteiger partial charge in [0.25, 0.3) is 0 Å². The predicted octanol–water partition coefficient (Wildman–Crippen LogP) is -0.783. The van der Waals surface area contributed by atoms with Gasteiger partial charge >= 0.3 is 0 Å². The normalized spacial score (nSPS) is 2.40. The third kappa shape index (κ3) is 2.12. The van der Waals surface area contributed by atoms with Gasteiger partial charge in [0.05, 0.1) is 0 Å². The zero-order valence-electron chi connectivity index (χ0n) is 3.60. The summed E-state index contributed by atoms with van der Waals surface area (Å²) < 4.78 is 0. The maximum Gasteiger partial charge on any atom is 0.0319 e. The number of aliphatic hydroxyl groups excluding tert-OH is 2. The molecule has 0 amide bonds. The summed E-state index contributed by atoms with van der Waals surface area (Å²) in [6, 6.07) is 0. The summed E-state index contributed by atoms with van der Waals surface area (Å²) in [6.07, 6.45) is 0. The molecule has 0 aliphatic heterocycles. The second kappa shape index (κ2) is 9.23. The molecule has 2 N–H and O–H groups in total. The standard InChI is InChI=1S/2CH4O.Rf/c2*1-2;/h2*2H,1H3;. The molecular weight excluding hydrogens is 323 g/mol. The van der Waals surface area contributed by atoms with E-state index in [-0.39, 0.29) is 0 Å². The van der Waals surface area contributed by atoms with Gasteiger partial charge in [0.2, 0.25) is 0 Å². The van der Waals surface area contributed by atoms with E-state index in [4.69, 9.17) is 10.2 Å². The van der Waals surface area contributed by atoms with E-state index in [1.54, 1.807) is 0 Å². The Morgan fingerprint density at radius 1 is 0.800 bits per heavy atom. The van der Waals surface area contributed by atoms with Gasteiger partial charge < -0.3 is 10.2 Å². The molecule has 0 aromatic rings. The van der Waals surface area contributed by atoms with E-state index < -0.39 is 0 Å². The van der Waals surface area contributed by atoms with Crippen LogP contribution in [0.15, 0.2) is 0 Å². The second-order valence-electron chi connectivity index (χ2n) is 0. The Labute approximate surface area is 25.7 Å². The summed E-state index contributed by atoms with van der Waals surface area (Å²) in [4.78, 5) is 0. The van der Waals surface area contributed by atoms with Crippen LogP contribution in [0.5, 0.6) is 0 Å². The van der Waals surface area contributed by atoms with Gasteiger partial charge in [0.15, 0.2) is 0 Å². The molecule has 30 valence electrons. The van der Waals surface area contributed by atoms with Crippen molar-refractivity contribution in [2.75, 3.05) is 14.2 Å². The Balaban J connectivity index is -0.0000000133. The van der Waals surface area contributed by atoms with Crippen LogP contribution >= 0.6 is 0 Å². The van der Waals surface area contributed by atoms with Crippen LogP contribution in [0, 0.1) is 0 Å². The molecule has 0 saturated carbocycles. The molecule has 0 atom stereocenters. The van der Waals surface area contributed by atoms with Crippen molar-refractivity contribution in [3.63, 3.8) is 0 Å². The molecule has 0 radical (unpaired) electrons. The molecule has 0 aromatic heterocycles. The summed E-state index contributed by atoms with van der Waals surface area (Å²) in [7, 11) is 2.00. The molecular formula is C2H8O2Rf. The maximum absolute atomic E-state index is 7.00. The van der Waals surface area contributed by atoms with E-state index in [0.717, 1.165) is 14.2 Å². The van der Waals surface area contributed by atoms with Crippen LogP contribution in [-0.4, -0.2) is 24.4 Å². The Bertz CT molecular complexity index is 7.61. The first-order chi connectivity index (χ1) is 2.00. The monoisotopic (exact) mass is 331 g/mol. The van der Waals surface area contributed by atoms with Crippen molar-refractivity contribution in [2.45, 2.75) is 0 Å². The molecule has 0 spiro atoms. The zero-order valence-corrected chi connectivity index (χ0v) is 10.0. The number of rotatable bonds is 0. The summed E-state index contributed by atoms with van der Waals surface area (Å²) in [5.74, 6) is 0. The Hall–Kier alpha value is -1.08. The molecule has 0 aliphatic carbocycles. The molecule has 0 rings (SSSR count). The molecule has 2 nitrogen and oxygen atoms in total. The summed E-state index contributed by atoms with van der Waals surface area (Å²) >= 11 is 0. The van der Waals surface area contributed by atoms with E-state index >= 15 is 0 Å². The fourth-order valence-electron chi connectivity index (χ4n) is 0. The van der Waals surface area contributed by atoms with E-state index in [0.29, 0.717) is 0 Å². The summed E-state index contributed by atoms with van der Waals surface area (Å²) in [5.41, 5.74) is 0. The molecule has 0 fully saturated rings. The third-order valence-electron chi connectivity index (χ3n) is 0. The van der Waals surface area contributed by atoms with E-state index in [2.05, 4.69) is 0 Å². The fourth-order valence-corrected chi connectivity index (χ4v) is 0. The van der Waals surface area contributed by atoms with Gasteiger partial charge in [-0.25, -0.2) is 0 Å². The van der Waals surface area contributed by atoms with E-state index in [9.17, 15) is 0 Å². The van der Waals surface area contributed by atoms with E-state index in [1.807, 2.05) is 0 Å². The SMILES string of the molecule is CO.CO.[Rf]. The minimum atomic E-state index is 0. The minimum Gasteiger partial charge on any atom is -0.400 e. The average Bonchev–Trinajstić information content (AvgIpc) is 1.50. The first kappa shape index (κ1) is 39.5. The maximum atomic E-state index is 7.00. The number of hydrogen-bond donors (Lipinski definition) is 2. The smallest absolute Gasteiger partial charge is 0.0319 e. The van der Waals surface area contributed by atoms with Gasteiger partial charge in [-0.2, -0.15) is 0 Å². The number of aliphatic hydroxyl groups is 2. The molecule has 0 saturated heterocycles. The van der Waals surface area contributed by atoms with Crippen molar-refractivity contribution in [3.8, 4) is 0 Å². The van der Waals surface area contributed by atoms with Crippen LogP contribution in [0.3, 0.4) is 0 Å². The predicted molar refractivity (Wildman–Crippen MR) is 16.3 cm³/mol. The molecule has 0 aromatic carbocycles. The van der Waals surface area contributed by atoms with Crippen molar-refractivity contribution in [2.24, 2.45) is 0 Å². The Morgan fingerprint density at radius 2 is 0.800 bits per heavy atom. The first-order valence-electron chi connectivity index (χ1n) is 0.894. The summed E-state index contributed by atoms with van der Waals surface area (Å²) in [5, 5.41) is 14.0.